The number of nitrogens with one attached hydrogen (secondary N) is 1. The lowest BCUT2D eigenvalue weighted by molar-refractivity contribution is -0.116. The molecule has 0 unspecified atom stereocenters. The van der Waals surface area contributed by atoms with E-state index in [9.17, 15) is 4.79 Å². The zero-order chi connectivity index (χ0) is 19.9. The largest absolute Gasteiger partial charge is 0.493 e. The van der Waals surface area contributed by atoms with Gasteiger partial charge in [0.25, 0.3) is 0 Å². The molecule has 0 aliphatic carbocycles. The first-order valence-electron chi connectivity index (χ1n) is 8.72. The number of ether oxygens (including phenoxy) is 3. The fourth-order valence-corrected chi connectivity index (χ4v) is 2.87. The maximum Gasteiger partial charge on any atom is 0.224 e. The Labute approximate surface area is 163 Å². The van der Waals surface area contributed by atoms with Crippen LogP contribution >= 0.6 is 0 Å². The molecule has 2 aromatic carbocycles. The highest BCUT2D eigenvalue weighted by molar-refractivity contribution is 5.91. The van der Waals surface area contributed by atoms with Crippen molar-refractivity contribution in [3.63, 3.8) is 0 Å². The third-order valence-electron chi connectivity index (χ3n) is 4.23. The minimum atomic E-state index is -0.0940. The number of carbonyl (C=O) groups is 1. The summed E-state index contributed by atoms with van der Waals surface area (Å²) in [4.78, 5) is 16.3. The van der Waals surface area contributed by atoms with E-state index in [-0.39, 0.29) is 5.91 Å². The summed E-state index contributed by atoms with van der Waals surface area (Å²) in [6.07, 6.45) is 3.85. The summed E-state index contributed by atoms with van der Waals surface area (Å²) in [6, 6.07) is 11.1. The molecule has 1 amide bonds. The molecular formula is C21H22N2O5. The van der Waals surface area contributed by atoms with Crippen LogP contribution in [0.4, 0.5) is 5.69 Å². The SMILES string of the molecule is COc1cc(CCC(=O)Nc2cccc(-c3cnco3)c2)cc(OC)c1OC. The smallest absolute Gasteiger partial charge is 0.224 e. The average Bonchev–Trinajstić information content (AvgIpc) is 3.26. The van der Waals surface area contributed by atoms with E-state index in [1.807, 2.05) is 36.4 Å². The number of rotatable bonds is 8. The second kappa shape index (κ2) is 8.94. The standard InChI is InChI=1S/C21H22N2O5/c1-25-17-9-14(10-18(26-2)21(17)27-3)7-8-20(24)23-16-6-4-5-15(11-16)19-12-22-13-28-19/h4-6,9-13H,7-8H2,1-3H3,(H,23,24). The van der Waals surface area contributed by atoms with Crippen LogP contribution < -0.4 is 19.5 Å². The van der Waals surface area contributed by atoms with Crippen LogP contribution in [-0.4, -0.2) is 32.2 Å². The third kappa shape index (κ3) is 4.43. The molecule has 7 heteroatoms. The second-order valence-corrected chi connectivity index (χ2v) is 6.03. The third-order valence-corrected chi connectivity index (χ3v) is 4.23. The lowest BCUT2D eigenvalue weighted by atomic mass is 10.1. The lowest BCUT2D eigenvalue weighted by Gasteiger charge is -2.14. The predicted octanol–water partition coefficient (Wildman–Crippen LogP) is 3.94. The topological polar surface area (TPSA) is 82.8 Å². The molecule has 0 aliphatic heterocycles. The van der Waals surface area contributed by atoms with Gasteiger partial charge in [0.1, 0.15) is 0 Å². The van der Waals surface area contributed by atoms with Crippen LogP contribution in [0.2, 0.25) is 0 Å². The Hall–Kier alpha value is -3.48. The molecule has 1 N–H and O–H groups in total. The number of aryl methyl sites for hydroxylation is 1. The zero-order valence-corrected chi connectivity index (χ0v) is 16.0. The van der Waals surface area contributed by atoms with Crippen LogP contribution in [0.1, 0.15) is 12.0 Å². The number of hydrogen-bond donors (Lipinski definition) is 1. The summed E-state index contributed by atoms with van der Waals surface area (Å²) in [5, 5.41) is 2.91. The molecule has 0 bridgehead atoms. The normalized spacial score (nSPS) is 10.4. The van der Waals surface area contributed by atoms with E-state index >= 15 is 0 Å². The molecule has 0 fully saturated rings. The van der Waals surface area contributed by atoms with Gasteiger partial charge in [-0.25, -0.2) is 4.98 Å². The number of aromatic nitrogens is 1. The van der Waals surface area contributed by atoms with Gasteiger partial charge in [-0.05, 0) is 36.2 Å². The zero-order valence-electron chi connectivity index (χ0n) is 16.0. The van der Waals surface area contributed by atoms with E-state index in [4.69, 9.17) is 18.6 Å². The molecule has 7 nitrogen and oxygen atoms in total. The van der Waals surface area contributed by atoms with Crippen molar-refractivity contribution in [2.24, 2.45) is 0 Å². The summed E-state index contributed by atoms with van der Waals surface area (Å²) < 4.78 is 21.3. The summed E-state index contributed by atoms with van der Waals surface area (Å²) in [5.74, 6) is 2.22. The minimum Gasteiger partial charge on any atom is -0.493 e. The number of hydrogen-bond acceptors (Lipinski definition) is 6. The van der Waals surface area contributed by atoms with Gasteiger partial charge in [-0.15, -0.1) is 0 Å². The molecule has 0 radical (unpaired) electrons. The van der Waals surface area contributed by atoms with Crippen LogP contribution in [0.15, 0.2) is 53.4 Å². The molecule has 1 aromatic heterocycles. The van der Waals surface area contributed by atoms with Gasteiger partial charge >= 0.3 is 0 Å². The molecule has 1 heterocycles. The summed E-state index contributed by atoms with van der Waals surface area (Å²) in [5.41, 5.74) is 2.46. The maximum atomic E-state index is 12.4. The Kier molecular flexibility index (Phi) is 6.16. The van der Waals surface area contributed by atoms with Crippen molar-refractivity contribution in [1.29, 1.82) is 0 Å². The number of amides is 1. The van der Waals surface area contributed by atoms with Gasteiger partial charge in [-0.2, -0.15) is 0 Å². The van der Waals surface area contributed by atoms with Crippen LogP contribution in [-0.2, 0) is 11.2 Å². The van der Waals surface area contributed by atoms with E-state index in [0.717, 1.165) is 11.1 Å². The quantitative estimate of drug-likeness (QED) is 0.635. The average molecular weight is 382 g/mol. The number of carbonyl (C=O) groups excluding carboxylic acids is 1. The van der Waals surface area contributed by atoms with Crippen molar-refractivity contribution in [1.82, 2.24) is 4.98 Å². The van der Waals surface area contributed by atoms with Crippen LogP contribution in [0.5, 0.6) is 17.2 Å². The Bertz CT molecular complexity index is 913. The monoisotopic (exact) mass is 382 g/mol. The predicted molar refractivity (Wildman–Crippen MR) is 105 cm³/mol. The molecular weight excluding hydrogens is 360 g/mol. The lowest BCUT2D eigenvalue weighted by Crippen LogP contribution is -2.12. The highest BCUT2D eigenvalue weighted by Crippen LogP contribution is 2.38. The van der Waals surface area contributed by atoms with Gasteiger partial charge in [0.05, 0.1) is 27.5 Å². The van der Waals surface area contributed by atoms with Crippen LogP contribution in [0.3, 0.4) is 0 Å². The summed E-state index contributed by atoms with van der Waals surface area (Å²) in [7, 11) is 4.69. The van der Waals surface area contributed by atoms with Gasteiger partial charge in [0.2, 0.25) is 11.7 Å². The second-order valence-electron chi connectivity index (χ2n) is 6.03. The molecule has 28 heavy (non-hydrogen) atoms. The highest BCUT2D eigenvalue weighted by Gasteiger charge is 2.14. The highest BCUT2D eigenvalue weighted by atomic mass is 16.5. The van der Waals surface area contributed by atoms with E-state index in [1.54, 1.807) is 27.5 Å². The number of methoxy groups -OCH3 is 3. The van der Waals surface area contributed by atoms with Crippen LogP contribution in [0.25, 0.3) is 11.3 Å². The number of nitrogens with zero attached hydrogens (tertiary/aromatic N) is 1. The summed E-state index contributed by atoms with van der Waals surface area (Å²) in [6.45, 7) is 0. The van der Waals surface area contributed by atoms with Gasteiger partial charge < -0.3 is 23.9 Å². The summed E-state index contributed by atoms with van der Waals surface area (Å²) >= 11 is 0. The fourth-order valence-electron chi connectivity index (χ4n) is 2.87. The van der Waals surface area contributed by atoms with Crippen molar-refractivity contribution >= 4 is 11.6 Å². The minimum absolute atomic E-state index is 0.0940. The molecule has 146 valence electrons. The molecule has 0 atom stereocenters. The van der Waals surface area contributed by atoms with Gasteiger partial charge in [0.15, 0.2) is 23.7 Å². The number of benzene rings is 2. The number of oxazole rings is 1. The van der Waals surface area contributed by atoms with Crippen molar-refractivity contribution in [2.45, 2.75) is 12.8 Å². The van der Waals surface area contributed by atoms with Crippen molar-refractivity contribution in [3.05, 3.63) is 54.6 Å². The first kappa shape index (κ1) is 19.3. The molecule has 0 aliphatic rings. The van der Waals surface area contributed by atoms with E-state index in [0.29, 0.717) is 41.5 Å². The Balaban J connectivity index is 1.66. The molecule has 0 saturated carbocycles. The molecule has 3 rings (SSSR count). The maximum absolute atomic E-state index is 12.4. The van der Waals surface area contributed by atoms with Crippen LogP contribution in [0, 0.1) is 0 Å². The van der Waals surface area contributed by atoms with Gasteiger partial charge in [0, 0.05) is 17.7 Å². The van der Waals surface area contributed by atoms with Crippen molar-refractivity contribution in [3.8, 4) is 28.6 Å². The van der Waals surface area contributed by atoms with Crippen molar-refractivity contribution in [2.75, 3.05) is 26.6 Å². The fraction of sp³-hybridized carbons (Fsp3) is 0.238. The van der Waals surface area contributed by atoms with E-state index in [1.165, 1.54) is 6.39 Å². The first-order chi connectivity index (χ1) is 13.6. The number of anilines is 1. The van der Waals surface area contributed by atoms with Crippen molar-refractivity contribution < 1.29 is 23.4 Å². The molecule has 0 spiro atoms. The Morgan fingerprint density at radius 1 is 1.07 bits per heavy atom. The van der Waals surface area contributed by atoms with E-state index < -0.39 is 0 Å². The van der Waals surface area contributed by atoms with Gasteiger partial charge in [-0.3, -0.25) is 4.79 Å². The molecule has 0 saturated heterocycles. The Morgan fingerprint density at radius 2 is 1.82 bits per heavy atom. The van der Waals surface area contributed by atoms with E-state index in [2.05, 4.69) is 10.3 Å². The first-order valence-corrected chi connectivity index (χ1v) is 8.72. The molecule has 3 aromatic rings. The Morgan fingerprint density at radius 3 is 2.43 bits per heavy atom. The van der Waals surface area contributed by atoms with Gasteiger partial charge in [-0.1, -0.05) is 12.1 Å².